The maximum Gasteiger partial charge on any atom is 0.128 e. The molecule has 1 atom stereocenters. The third-order valence-electron chi connectivity index (χ3n) is 2.68. The van der Waals surface area contributed by atoms with Crippen LogP contribution in [0.3, 0.4) is 0 Å². The van der Waals surface area contributed by atoms with Crippen molar-refractivity contribution in [1.82, 2.24) is 5.32 Å². The van der Waals surface area contributed by atoms with Crippen LogP contribution in [0.5, 0.6) is 0 Å². The van der Waals surface area contributed by atoms with Crippen molar-refractivity contribution in [2.75, 3.05) is 0 Å². The first-order valence-electron chi connectivity index (χ1n) is 5.48. The molecule has 1 N–H and O–H groups in total. The molecule has 0 aliphatic carbocycles. The summed E-state index contributed by atoms with van der Waals surface area (Å²) in [6.45, 7) is 6.91. The molecule has 92 valence electrons. The van der Waals surface area contributed by atoms with Gasteiger partial charge >= 0.3 is 0 Å². The molecule has 0 aromatic heterocycles. The number of hydrogen-bond acceptors (Lipinski definition) is 1. The van der Waals surface area contributed by atoms with Crippen LogP contribution in [0.15, 0.2) is 12.1 Å². The molecule has 1 aromatic carbocycles. The van der Waals surface area contributed by atoms with E-state index >= 15 is 0 Å². The van der Waals surface area contributed by atoms with Crippen LogP contribution in [0.25, 0.3) is 0 Å². The molecule has 0 fully saturated rings. The summed E-state index contributed by atoms with van der Waals surface area (Å²) >= 11 is 0. The highest BCUT2D eigenvalue weighted by atomic mass is 19.1. The van der Waals surface area contributed by atoms with Crippen LogP contribution >= 0.6 is 0 Å². The van der Waals surface area contributed by atoms with E-state index in [0.717, 1.165) is 0 Å². The third-order valence-corrected chi connectivity index (χ3v) is 2.68. The van der Waals surface area contributed by atoms with Gasteiger partial charge in [-0.25, -0.2) is 8.78 Å². The van der Waals surface area contributed by atoms with Gasteiger partial charge in [-0.15, -0.1) is 6.42 Å². The largest absolute Gasteiger partial charge is 0.295 e. The summed E-state index contributed by atoms with van der Waals surface area (Å²) in [5.74, 6) is 1.73. The first-order chi connectivity index (χ1) is 7.76. The zero-order valence-electron chi connectivity index (χ0n) is 10.6. The van der Waals surface area contributed by atoms with E-state index in [1.165, 1.54) is 19.1 Å². The van der Waals surface area contributed by atoms with Gasteiger partial charge in [-0.3, -0.25) is 5.32 Å². The lowest BCUT2D eigenvalue weighted by Gasteiger charge is -2.25. The predicted molar refractivity (Wildman–Crippen MR) is 65.6 cm³/mol. The smallest absolute Gasteiger partial charge is 0.128 e. The average molecular weight is 237 g/mol. The van der Waals surface area contributed by atoms with Gasteiger partial charge in [0.15, 0.2) is 0 Å². The Balaban J connectivity index is 3.02. The van der Waals surface area contributed by atoms with Gasteiger partial charge in [0, 0.05) is 11.6 Å². The number of terminal acetylenes is 1. The number of benzene rings is 1. The Labute approximate surface area is 101 Å². The van der Waals surface area contributed by atoms with Crippen LogP contribution in [0.2, 0.25) is 0 Å². The molecule has 0 spiro atoms. The zero-order chi connectivity index (χ0) is 13.2. The number of aryl methyl sites for hydroxylation is 1. The molecule has 1 nitrogen and oxygen atoms in total. The fourth-order valence-corrected chi connectivity index (χ4v) is 1.65. The Hall–Kier alpha value is -1.40. The average Bonchev–Trinajstić information content (AvgIpc) is 2.22. The van der Waals surface area contributed by atoms with Crippen LogP contribution in [-0.4, -0.2) is 5.54 Å². The van der Waals surface area contributed by atoms with Gasteiger partial charge in [0.1, 0.15) is 11.6 Å². The molecule has 1 aromatic rings. The normalized spacial score (nSPS) is 13.2. The molecular formula is C14H17F2N. The second-order valence-electron chi connectivity index (χ2n) is 4.76. The minimum absolute atomic E-state index is 0.288. The minimum Gasteiger partial charge on any atom is -0.295 e. The molecule has 3 heteroatoms. The lowest BCUT2D eigenvalue weighted by Crippen LogP contribution is -2.39. The Morgan fingerprint density at radius 3 is 2.41 bits per heavy atom. The topological polar surface area (TPSA) is 12.0 Å². The second kappa shape index (κ2) is 4.85. The summed E-state index contributed by atoms with van der Waals surface area (Å²) in [5, 5.41) is 3.07. The van der Waals surface area contributed by atoms with E-state index in [9.17, 15) is 8.78 Å². The van der Waals surface area contributed by atoms with Crippen molar-refractivity contribution in [1.29, 1.82) is 0 Å². The molecular weight excluding hydrogens is 220 g/mol. The van der Waals surface area contributed by atoms with E-state index in [1.54, 1.807) is 6.92 Å². The molecule has 0 aliphatic rings. The van der Waals surface area contributed by atoms with Gasteiger partial charge in [0.25, 0.3) is 0 Å². The van der Waals surface area contributed by atoms with E-state index in [-0.39, 0.29) is 11.6 Å². The van der Waals surface area contributed by atoms with Crippen LogP contribution in [0, 0.1) is 30.9 Å². The van der Waals surface area contributed by atoms with Crippen LogP contribution in [-0.2, 0) is 0 Å². The highest BCUT2D eigenvalue weighted by molar-refractivity contribution is 5.28. The van der Waals surface area contributed by atoms with E-state index < -0.39 is 17.2 Å². The maximum absolute atomic E-state index is 13.7. The monoisotopic (exact) mass is 237 g/mol. The number of rotatable bonds is 3. The molecule has 1 rings (SSSR count). The molecule has 0 aliphatic heterocycles. The van der Waals surface area contributed by atoms with Gasteiger partial charge in [-0.05, 0) is 45.4 Å². The number of hydrogen-bond donors (Lipinski definition) is 1. The molecule has 0 radical (unpaired) electrons. The third kappa shape index (κ3) is 3.28. The first-order valence-corrected chi connectivity index (χ1v) is 5.48. The van der Waals surface area contributed by atoms with Gasteiger partial charge in [-0.2, -0.15) is 0 Å². The standard InChI is InChI=1S/C14H17F2N/c1-6-14(4,5)17-10(3)11-8-12(15)9(2)7-13(11)16/h1,7-8,10,17H,2-5H3. The van der Waals surface area contributed by atoms with Crippen molar-refractivity contribution in [3.8, 4) is 12.3 Å². The van der Waals surface area contributed by atoms with E-state index in [0.29, 0.717) is 5.56 Å². The minimum atomic E-state index is -0.562. The molecule has 0 saturated heterocycles. The Morgan fingerprint density at radius 1 is 1.29 bits per heavy atom. The molecule has 0 bridgehead atoms. The number of halogens is 2. The van der Waals surface area contributed by atoms with Crippen molar-refractivity contribution in [3.63, 3.8) is 0 Å². The first kappa shape index (κ1) is 13.7. The van der Waals surface area contributed by atoms with Crippen LogP contribution in [0.1, 0.15) is 37.9 Å². The second-order valence-corrected chi connectivity index (χ2v) is 4.76. The Morgan fingerprint density at radius 2 is 1.88 bits per heavy atom. The molecule has 0 amide bonds. The molecule has 0 saturated carbocycles. The van der Waals surface area contributed by atoms with E-state index in [1.807, 2.05) is 13.8 Å². The molecule has 0 heterocycles. The maximum atomic E-state index is 13.7. The summed E-state index contributed by atoms with van der Waals surface area (Å²) in [7, 11) is 0. The fourth-order valence-electron chi connectivity index (χ4n) is 1.65. The highest BCUT2D eigenvalue weighted by Crippen LogP contribution is 2.22. The zero-order valence-corrected chi connectivity index (χ0v) is 10.6. The van der Waals surface area contributed by atoms with Gasteiger partial charge in [-0.1, -0.05) is 5.92 Å². The summed E-state index contributed by atoms with van der Waals surface area (Å²) in [6.07, 6.45) is 5.34. The van der Waals surface area contributed by atoms with Crippen LogP contribution in [0.4, 0.5) is 8.78 Å². The molecule has 17 heavy (non-hydrogen) atoms. The quantitative estimate of drug-likeness (QED) is 0.795. The number of nitrogens with one attached hydrogen (secondary N) is 1. The highest BCUT2D eigenvalue weighted by Gasteiger charge is 2.20. The predicted octanol–water partition coefficient (Wildman–Crippen LogP) is 3.34. The summed E-state index contributed by atoms with van der Waals surface area (Å²) in [5.41, 5.74) is 0.0267. The van der Waals surface area contributed by atoms with E-state index in [4.69, 9.17) is 6.42 Å². The summed E-state index contributed by atoms with van der Waals surface area (Å²) in [4.78, 5) is 0. The Bertz CT molecular complexity index is 458. The SMILES string of the molecule is C#CC(C)(C)NC(C)c1cc(F)c(C)cc1F. The van der Waals surface area contributed by atoms with Gasteiger partial charge in [0.05, 0.1) is 5.54 Å². The summed E-state index contributed by atoms with van der Waals surface area (Å²) < 4.78 is 27.1. The van der Waals surface area contributed by atoms with Crippen LogP contribution < -0.4 is 5.32 Å². The van der Waals surface area contributed by atoms with Crippen molar-refractivity contribution >= 4 is 0 Å². The lowest BCUT2D eigenvalue weighted by atomic mass is 10.0. The van der Waals surface area contributed by atoms with Crippen molar-refractivity contribution in [2.24, 2.45) is 0 Å². The summed E-state index contributed by atoms with van der Waals surface area (Å²) in [6, 6.07) is 2.07. The van der Waals surface area contributed by atoms with E-state index in [2.05, 4.69) is 11.2 Å². The Kier molecular flexibility index (Phi) is 3.90. The lowest BCUT2D eigenvalue weighted by molar-refractivity contribution is 0.418. The van der Waals surface area contributed by atoms with Crippen molar-refractivity contribution < 1.29 is 8.78 Å². The van der Waals surface area contributed by atoms with Crippen molar-refractivity contribution in [3.05, 3.63) is 34.9 Å². The van der Waals surface area contributed by atoms with Gasteiger partial charge in [0.2, 0.25) is 0 Å². The fraction of sp³-hybridized carbons (Fsp3) is 0.429. The van der Waals surface area contributed by atoms with Crippen molar-refractivity contribution in [2.45, 2.75) is 39.3 Å². The molecule has 1 unspecified atom stereocenters. The van der Waals surface area contributed by atoms with Gasteiger partial charge < -0.3 is 0 Å².